The van der Waals surface area contributed by atoms with Crippen LogP contribution in [0.4, 0.5) is 5.69 Å². The molecule has 0 aliphatic heterocycles. The molecule has 0 spiro atoms. The predicted molar refractivity (Wildman–Crippen MR) is 71.5 cm³/mol. The number of nitrogens with one attached hydrogen (secondary N) is 1. The third-order valence-electron chi connectivity index (χ3n) is 2.63. The first-order valence-electron chi connectivity index (χ1n) is 5.71. The Labute approximate surface area is 107 Å². The maximum atomic E-state index is 8.70. The van der Waals surface area contributed by atoms with Gasteiger partial charge in [-0.25, -0.2) is 0 Å². The summed E-state index contributed by atoms with van der Waals surface area (Å²) in [5.41, 5.74) is 2.77. The van der Waals surface area contributed by atoms with E-state index < -0.39 is 0 Å². The van der Waals surface area contributed by atoms with Crippen molar-refractivity contribution < 1.29 is 4.74 Å². The summed E-state index contributed by atoms with van der Waals surface area (Å²) >= 11 is 0. The largest absolute Gasteiger partial charge is 0.489 e. The number of hydrogen-bond acceptors (Lipinski definition) is 3. The van der Waals surface area contributed by atoms with E-state index in [-0.39, 0.29) is 0 Å². The van der Waals surface area contributed by atoms with E-state index in [0.29, 0.717) is 12.2 Å². The van der Waals surface area contributed by atoms with Crippen molar-refractivity contribution in [3.8, 4) is 11.8 Å². The molecular formula is C15H14N2O. The van der Waals surface area contributed by atoms with Gasteiger partial charge in [-0.05, 0) is 42.0 Å². The molecule has 18 heavy (non-hydrogen) atoms. The molecule has 2 rings (SSSR count). The average Bonchev–Trinajstić information content (AvgIpc) is 2.46. The maximum Gasteiger partial charge on any atom is 0.119 e. The lowest BCUT2D eigenvalue weighted by Crippen LogP contribution is -1.95. The molecule has 0 saturated heterocycles. The first-order valence-corrected chi connectivity index (χ1v) is 5.71. The minimum Gasteiger partial charge on any atom is -0.489 e. The van der Waals surface area contributed by atoms with Gasteiger partial charge in [0.25, 0.3) is 0 Å². The van der Waals surface area contributed by atoms with Crippen molar-refractivity contribution in [1.82, 2.24) is 0 Å². The lowest BCUT2D eigenvalue weighted by Gasteiger charge is -2.07. The molecule has 90 valence electrons. The van der Waals surface area contributed by atoms with Gasteiger partial charge in [-0.3, -0.25) is 0 Å². The standard InChI is InChI=1S/C15H14N2O/c1-17-14-6-8-15(9-7-14)18-11-13-4-2-12(10-16)3-5-13/h2-9,17H,11H2,1H3. The number of anilines is 1. The third-order valence-corrected chi connectivity index (χ3v) is 2.63. The van der Waals surface area contributed by atoms with Gasteiger partial charge in [-0.2, -0.15) is 5.26 Å². The van der Waals surface area contributed by atoms with Gasteiger partial charge in [0, 0.05) is 12.7 Å². The van der Waals surface area contributed by atoms with Crippen LogP contribution in [-0.2, 0) is 6.61 Å². The quantitative estimate of drug-likeness (QED) is 0.889. The fraction of sp³-hybridized carbons (Fsp3) is 0.133. The van der Waals surface area contributed by atoms with E-state index in [1.807, 2.05) is 43.4 Å². The third kappa shape index (κ3) is 3.02. The van der Waals surface area contributed by atoms with E-state index in [9.17, 15) is 0 Å². The zero-order valence-electron chi connectivity index (χ0n) is 10.2. The van der Waals surface area contributed by atoms with Crippen molar-refractivity contribution >= 4 is 5.69 Å². The van der Waals surface area contributed by atoms with Crippen molar-refractivity contribution in [2.24, 2.45) is 0 Å². The maximum absolute atomic E-state index is 8.70. The van der Waals surface area contributed by atoms with Crippen LogP contribution in [-0.4, -0.2) is 7.05 Å². The van der Waals surface area contributed by atoms with Crippen molar-refractivity contribution in [1.29, 1.82) is 5.26 Å². The van der Waals surface area contributed by atoms with Crippen LogP contribution in [0, 0.1) is 11.3 Å². The molecule has 0 amide bonds. The number of nitrogens with zero attached hydrogens (tertiary/aromatic N) is 1. The van der Waals surface area contributed by atoms with Gasteiger partial charge in [0.2, 0.25) is 0 Å². The topological polar surface area (TPSA) is 45.0 Å². The van der Waals surface area contributed by atoms with Crippen LogP contribution in [0.15, 0.2) is 48.5 Å². The second-order valence-electron chi connectivity index (χ2n) is 3.87. The molecule has 0 unspecified atom stereocenters. The molecule has 1 N–H and O–H groups in total. The first-order chi connectivity index (χ1) is 8.81. The molecule has 0 aliphatic carbocycles. The number of hydrogen-bond donors (Lipinski definition) is 1. The summed E-state index contributed by atoms with van der Waals surface area (Å²) in [6, 6.07) is 17.3. The Morgan fingerprint density at radius 1 is 1.06 bits per heavy atom. The summed E-state index contributed by atoms with van der Waals surface area (Å²) in [5.74, 6) is 0.832. The minimum atomic E-state index is 0.505. The molecular weight excluding hydrogens is 224 g/mol. The Hall–Kier alpha value is -2.47. The Morgan fingerprint density at radius 3 is 2.28 bits per heavy atom. The van der Waals surface area contributed by atoms with E-state index in [4.69, 9.17) is 10.00 Å². The van der Waals surface area contributed by atoms with Crippen LogP contribution < -0.4 is 10.1 Å². The van der Waals surface area contributed by atoms with E-state index in [2.05, 4.69) is 11.4 Å². The van der Waals surface area contributed by atoms with Gasteiger partial charge < -0.3 is 10.1 Å². The molecule has 3 nitrogen and oxygen atoms in total. The highest BCUT2D eigenvalue weighted by atomic mass is 16.5. The minimum absolute atomic E-state index is 0.505. The number of nitriles is 1. The molecule has 0 bridgehead atoms. The summed E-state index contributed by atoms with van der Waals surface area (Å²) in [5, 5.41) is 11.8. The van der Waals surface area contributed by atoms with Crippen molar-refractivity contribution in [3.63, 3.8) is 0 Å². The average molecular weight is 238 g/mol. The Bertz CT molecular complexity index is 538. The van der Waals surface area contributed by atoms with Crippen LogP contribution in [0.25, 0.3) is 0 Å². The van der Waals surface area contributed by atoms with Crippen LogP contribution in [0.2, 0.25) is 0 Å². The fourth-order valence-electron chi connectivity index (χ4n) is 1.56. The normalized spacial score (nSPS) is 9.56. The molecule has 0 heterocycles. The zero-order valence-corrected chi connectivity index (χ0v) is 10.2. The van der Waals surface area contributed by atoms with Gasteiger partial charge in [0.1, 0.15) is 12.4 Å². The van der Waals surface area contributed by atoms with E-state index >= 15 is 0 Å². The Kier molecular flexibility index (Phi) is 3.83. The van der Waals surface area contributed by atoms with Crippen LogP contribution in [0.3, 0.4) is 0 Å². The molecule has 2 aromatic rings. The van der Waals surface area contributed by atoms with Crippen LogP contribution in [0.1, 0.15) is 11.1 Å². The van der Waals surface area contributed by atoms with Crippen molar-refractivity contribution in [2.45, 2.75) is 6.61 Å². The van der Waals surface area contributed by atoms with E-state index in [0.717, 1.165) is 17.0 Å². The highest BCUT2D eigenvalue weighted by Crippen LogP contribution is 2.16. The zero-order chi connectivity index (χ0) is 12.8. The lowest BCUT2D eigenvalue weighted by atomic mass is 10.2. The summed E-state index contributed by atoms with van der Waals surface area (Å²) in [6.45, 7) is 0.505. The monoisotopic (exact) mass is 238 g/mol. The molecule has 0 saturated carbocycles. The van der Waals surface area contributed by atoms with Crippen LogP contribution >= 0.6 is 0 Å². The van der Waals surface area contributed by atoms with Gasteiger partial charge in [0.05, 0.1) is 11.6 Å². The van der Waals surface area contributed by atoms with Gasteiger partial charge in [-0.15, -0.1) is 0 Å². The molecule has 0 aromatic heterocycles. The molecule has 0 atom stereocenters. The second kappa shape index (κ2) is 5.74. The summed E-state index contributed by atoms with van der Waals surface area (Å²) in [7, 11) is 1.88. The lowest BCUT2D eigenvalue weighted by molar-refractivity contribution is 0.306. The van der Waals surface area contributed by atoms with Crippen molar-refractivity contribution in [3.05, 3.63) is 59.7 Å². The summed E-state index contributed by atoms with van der Waals surface area (Å²) in [4.78, 5) is 0. The van der Waals surface area contributed by atoms with Gasteiger partial charge in [-0.1, -0.05) is 12.1 Å². The first kappa shape index (κ1) is 12.0. The molecule has 3 heteroatoms. The van der Waals surface area contributed by atoms with Gasteiger partial charge in [0.15, 0.2) is 0 Å². The van der Waals surface area contributed by atoms with E-state index in [1.54, 1.807) is 12.1 Å². The molecule has 0 fully saturated rings. The smallest absolute Gasteiger partial charge is 0.119 e. The van der Waals surface area contributed by atoms with Gasteiger partial charge >= 0.3 is 0 Å². The van der Waals surface area contributed by atoms with E-state index in [1.165, 1.54) is 0 Å². The second-order valence-corrected chi connectivity index (χ2v) is 3.87. The Balaban J connectivity index is 1.95. The fourth-order valence-corrected chi connectivity index (χ4v) is 1.56. The molecule has 2 aromatic carbocycles. The summed E-state index contributed by atoms with van der Waals surface area (Å²) < 4.78 is 5.65. The number of ether oxygens (including phenoxy) is 1. The molecule has 0 radical (unpaired) electrons. The predicted octanol–water partition coefficient (Wildman–Crippen LogP) is 3.18. The Morgan fingerprint density at radius 2 is 1.72 bits per heavy atom. The molecule has 0 aliphatic rings. The number of rotatable bonds is 4. The highest BCUT2D eigenvalue weighted by Gasteiger charge is 1.97. The SMILES string of the molecule is CNc1ccc(OCc2ccc(C#N)cc2)cc1. The van der Waals surface area contributed by atoms with Crippen molar-refractivity contribution in [2.75, 3.05) is 12.4 Å². The van der Waals surface area contributed by atoms with Crippen LogP contribution in [0.5, 0.6) is 5.75 Å². The highest BCUT2D eigenvalue weighted by molar-refractivity contribution is 5.45. The summed E-state index contributed by atoms with van der Waals surface area (Å²) in [6.07, 6.45) is 0. The number of benzene rings is 2.